The van der Waals surface area contributed by atoms with Crippen LogP contribution in [-0.4, -0.2) is 26.0 Å². The molecular formula is C25H35F2O6S2-. The van der Waals surface area contributed by atoms with Gasteiger partial charge in [-0.15, -0.1) is 0 Å². The highest BCUT2D eigenvalue weighted by Crippen LogP contribution is 2.48. The highest BCUT2D eigenvalue weighted by atomic mass is 32.3. The minimum atomic E-state index is -6.48. The maximum absolute atomic E-state index is 14.3. The van der Waals surface area contributed by atoms with Crippen molar-refractivity contribution in [1.29, 1.82) is 0 Å². The van der Waals surface area contributed by atoms with Crippen molar-refractivity contribution in [2.45, 2.75) is 119 Å². The van der Waals surface area contributed by atoms with Crippen LogP contribution in [-0.2, 0) is 20.2 Å². The summed E-state index contributed by atoms with van der Waals surface area (Å²) in [7, 11) is -12.5. The van der Waals surface area contributed by atoms with E-state index in [2.05, 4.69) is 0 Å². The zero-order valence-electron chi connectivity index (χ0n) is 20.0. The largest absolute Gasteiger partial charge is 0.742 e. The maximum atomic E-state index is 14.3. The number of alkyl halides is 2. The average molecular weight is 534 g/mol. The predicted octanol–water partition coefficient (Wildman–Crippen LogP) is 6.63. The van der Waals surface area contributed by atoms with Gasteiger partial charge in [0.1, 0.15) is 5.75 Å². The number of rotatable bonds is 7. The summed E-state index contributed by atoms with van der Waals surface area (Å²) < 4.78 is 86.7. The normalized spacial score (nSPS) is 22.3. The first kappa shape index (κ1) is 26.8. The predicted molar refractivity (Wildman–Crippen MR) is 128 cm³/mol. The van der Waals surface area contributed by atoms with Crippen molar-refractivity contribution >= 4 is 20.2 Å². The van der Waals surface area contributed by atoms with Crippen molar-refractivity contribution in [1.82, 2.24) is 0 Å². The molecule has 1 aromatic carbocycles. The Kier molecular flexibility index (Phi) is 8.13. The number of hydrogen-bond acceptors (Lipinski definition) is 6. The fourth-order valence-corrected chi connectivity index (χ4v) is 7.79. The fraction of sp³-hybridized carbons (Fsp3) is 0.760. The molecule has 35 heavy (non-hydrogen) atoms. The highest BCUT2D eigenvalue weighted by Gasteiger charge is 2.55. The van der Waals surface area contributed by atoms with E-state index in [1.54, 1.807) is 0 Å². The van der Waals surface area contributed by atoms with Gasteiger partial charge in [-0.2, -0.15) is 17.2 Å². The quantitative estimate of drug-likeness (QED) is 0.288. The third-order valence-electron chi connectivity index (χ3n) is 8.11. The number of hydrogen-bond donors (Lipinski definition) is 0. The molecule has 0 amide bonds. The van der Waals surface area contributed by atoms with Crippen molar-refractivity contribution in [2.24, 2.45) is 0 Å². The minimum Gasteiger partial charge on any atom is -0.742 e. The molecule has 0 bridgehead atoms. The number of benzene rings is 1. The minimum absolute atomic E-state index is 0.0580. The van der Waals surface area contributed by atoms with Gasteiger partial charge < -0.3 is 8.74 Å². The van der Waals surface area contributed by atoms with Gasteiger partial charge in [-0.25, -0.2) is 8.42 Å². The third-order valence-corrected chi connectivity index (χ3v) is 10.9. The maximum Gasteiger partial charge on any atom is 0.470 e. The van der Waals surface area contributed by atoms with E-state index in [9.17, 15) is 30.2 Å². The van der Waals surface area contributed by atoms with Crippen LogP contribution in [0.15, 0.2) is 12.1 Å². The van der Waals surface area contributed by atoms with Crippen molar-refractivity contribution in [3.05, 3.63) is 28.8 Å². The molecule has 3 aliphatic rings. The van der Waals surface area contributed by atoms with Crippen LogP contribution < -0.4 is 4.18 Å². The SMILES string of the molecule is O=S(=O)([O-])C(F)(F)S(=O)(=O)Oc1c(C2CCCCC2)cc(C2CCCCC2)cc1C1CCCCC1. The van der Waals surface area contributed by atoms with Crippen molar-refractivity contribution in [2.75, 3.05) is 0 Å². The molecule has 198 valence electrons. The molecule has 3 fully saturated rings. The summed E-state index contributed by atoms with van der Waals surface area (Å²) in [5.74, 6) is 0.0452. The zero-order valence-corrected chi connectivity index (χ0v) is 21.6. The lowest BCUT2D eigenvalue weighted by molar-refractivity contribution is 0.153. The Morgan fingerprint density at radius 1 is 0.686 bits per heavy atom. The van der Waals surface area contributed by atoms with E-state index < -0.39 is 24.8 Å². The van der Waals surface area contributed by atoms with E-state index in [1.165, 1.54) is 6.42 Å². The molecule has 0 radical (unpaired) electrons. The summed E-state index contributed by atoms with van der Waals surface area (Å²) in [6.07, 6.45) is 14.4. The summed E-state index contributed by atoms with van der Waals surface area (Å²) in [5.41, 5.74) is 2.26. The van der Waals surface area contributed by atoms with Crippen LogP contribution in [0.5, 0.6) is 5.75 Å². The molecule has 4 rings (SSSR count). The molecule has 0 heterocycles. The molecule has 0 spiro atoms. The van der Waals surface area contributed by atoms with Crippen LogP contribution in [0, 0.1) is 0 Å². The van der Waals surface area contributed by atoms with Gasteiger partial charge in [0.2, 0.25) is 0 Å². The molecule has 0 atom stereocenters. The Balaban J connectivity index is 1.87. The van der Waals surface area contributed by atoms with Gasteiger partial charge in [-0.3, -0.25) is 0 Å². The summed E-state index contributed by atoms with van der Waals surface area (Å²) >= 11 is 0. The first-order valence-electron chi connectivity index (χ1n) is 13.0. The third kappa shape index (κ3) is 5.69. The Bertz CT molecular complexity index is 1060. The Hall–Kier alpha value is -1.26. The van der Waals surface area contributed by atoms with E-state index in [-0.39, 0.29) is 17.6 Å². The monoisotopic (exact) mass is 533 g/mol. The van der Waals surface area contributed by atoms with Crippen LogP contribution >= 0.6 is 0 Å². The lowest BCUT2D eigenvalue weighted by Crippen LogP contribution is -2.40. The lowest BCUT2D eigenvalue weighted by Gasteiger charge is -2.32. The van der Waals surface area contributed by atoms with Gasteiger partial charge in [-0.1, -0.05) is 69.9 Å². The van der Waals surface area contributed by atoms with Crippen LogP contribution in [0.3, 0.4) is 0 Å². The van der Waals surface area contributed by atoms with Gasteiger partial charge in [-0.05, 0) is 73.0 Å². The molecule has 10 heteroatoms. The van der Waals surface area contributed by atoms with Crippen LogP contribution in [0.25, 0.3) is 0 Å². The van der Waals surface area contributed by atoms with Crippen LogP contribution in [0.4, 0.5) is 8.78 Å². The van der Waals surface area contributed by atoms with Crippen LogP contribution in [0.1, 0.15) is 131 Å². The van der Waals surface area contributed by atoms with Gasteiger partial charge in [0.25, 0.3) is 0 Å². The number of halogens is 2. The fourth-order valence-electron chi connectivity index (χ4n) is 6.18. The Morgan fingerprint density at radius 2 is 1.06 bits per heavy atom. The van der Waals surface area contributed by atoms with E-state index in [4.69, 9.17) is 4.18 Å². The molecule has 3 saturated carbocycles. The molecule has 0 aliphatic heterocycles. The van der Waals surface area contributed by atoms with Crippen molar-refractivity contribution in [3.8, 4) is 5.75 Å². The summed E-state index contributed by atoms with van der Waals surface area (Å²) in [6, 6.07) is 3.85. The van der Waals surface area contributed by atoms with Gasteiger partial charge in [0.05, 0.1) is 0 Å². The molecule has 1 aromatic rings. The molecule has 0 saturated heterocycles. The molecule has 3 aliphatic carbocycles. The highest BCUT2D eigenvalue weighted by molar-refractivity contribution is 8.05. The molecular weight excluding hydrogens is 498 g/mol. The zero-order chi connectivity index (χ0) is 25.3. The Labute approximate surface area is 207 Å². The molecule has 0 N–H and O–H groups in total. The standard InChI is InChI=1S/C25H36F2O6S2/c26-25(27,34(28,29)30)35(31,32)33-24-22(19-12-6-2-7-13-19)16-21(18-10-4-1-5-11-18)17-23(24)20-14-8-3-9-15-20/h16-20H,1-15H2,(H,28,29,30)/p-1. The lowest BCUT2D eigenvalue weighted by atomic mass is 9.75. The van der Waals surface area contributed by atoms with Crippen molar-refractivity contribution < 1.29 is 34.4 Å². The van der Waals surface area contributed by atoms with E-state index in [0.29, 0.717) is 17.0 Å². The van der Waals surface area contributed by atoms with Gasteiger partial charge in [0, 0.05) is 0 Å². The summed E-state index contributed by atoms with van der Waals surface area (Å²) in [5, 5.41) is 0. The van der Waals surface area contributed by atoms with E-state index >= 15 is 0 Å². The second-order valence-electron chi connectivity index (χ2n) is 10.5. The van der Waals surface area contributed by atoms with Crippen molar-refractivity contribution in [3.63, 3.8) is 0 Å². The topological polar surface area (TPSA) is 101 Å². The first-order valence-corrected chi connectivity index (χ1v) is 15.8. The second kappa shape index (κ2) is 10.6. The smallest absolute Gasteiger partial charge is 0.470 e. The first-order chi connectivity index (χ1) is 16.5. The Morgan fingerprint density at radius 3 is 1.43 bits per heavy atom. The van der Waals surface area contributed by atoms with E-state index in [1.807, 2.05) is 12.1 Å². The molecule has 6 nitrogen and oxygen atoms in total. The second-order valence-corrected chi connectivity index (χ2v) is 13.8. The summed E-state index contributed by atoms with van der Waals surface area (Å²) in [4.78, 5) is 0. The summed E-state index contributed by atoms with van der Waals surface area (Å²) in [6.45, 7) is 0. The molecule has 0 unspecified atom stereocenters. The van der Waals surface area contributed by atoms with Gasteiger partial charge in [0.15, 0.2) is 10.1 Å². The van der Waals surface area contributed by atoms with Crippen LogP contribution in [0.2, 0.25) is 0 Å². The average Bonchev–Trinajstić information content (AvgIpc) is 2.85. The van der Waals surface area contributed by atoms with Gasteiger partial charge >= 0.3 is 14.7 Å². The van der Waals surface area contributed by atoms with E-state index in [0.717, 1.165) is 95.5 Å². The molecule has 0 aromatic heterocycles.